The highest BCUT2D eigenvalue weighted by Crippen LogP contribution is 2.35. The lowest BCUT2D eigenvalue weighted by Gasteiger charge is -2.24. The van der Waals surface area contributed by atoms with E-state index in [0.717, 1.165) is 33.1 Å². The Kier molecular flexibility index (Phi) is 6.99. The maximum atomic E-state index is 13.6. The van der Waals surface area contributed by atoms with Gasteiger partial charge in [0.25, 0.3) is 11.8 Å². The minimum absolute atomic E-state index is 0.00159. The molecule has 6 nitrogen and oxygen atoms in total. The Morgan fingerprint density at radius 3 is 2.68 bits per heavy atom. The number of carbonyl (C=O) groups excluding carboxylic acids is 2. The van der Waals surface area contributed by atoms with E-state index in [2.05, 4.69) is 10.3 Å². The number of benzene rings is 2. The predicted octanol–water partition coefficient (Wildman–Crippen LogP) is 6.45. The highest BCUT2D eigenvalue weighted by atomic mass is 32.2. The maximum absolute atomic E-state index is 13.6. The normalized spacial score (nSPS) is 15.8. The molecule has 1 saturated heterocycles. The van der Waals surface area contributed by atoms with E-state index >= 15 is 0 Å². The average Bonchev–Trinajstić information content (AvgIpc) is 3.58. The molecule has 198 valence electrons. The van der Waals surface area contributed by atoms with E-state index in [1.54, 1.807) is 29.7 Å². The SMILES string of the molecule is Cc1cccc(-c2sc(C)nc2C(=O)N2CSC[C@H]2CNC(=O)c2cc(C(F)(F)F)cc3oc(C)cc23)c1. The largest absolute Gasteiger partial charge is 0.461 e. The van der Waals surface area contributed by atoms with E-state index in [1.807, 2.05) is 38.1 Å². The number of aromatic nitrogens is 1. The zero-order chi connectivity index (χ0) is 27.2. The Balaban J connectivity index is 1.37. The van der Waals surface area contributed by atoms with Crippen LogP contribution in [0.25, 0.3) is 21.4 Å². The summed E-state index contributed by atoms with van der Waals surface area (Å²) in [5.41, 5.74) is 1.27. The Labute approximate surface area is 225 Å². The molecule has 0 radical (unpaired) electrons. The molecule has 5 rings (SSSR count). The van der Waals surface area contributed by atoms with E-state index in [0.29, 0.717) is 28.5 Å². The van der Waals surface area contributed by atoms with Crippen molar-refractivity contribution >= 4 is 45.9 Å². The first-order chi connectivity index (χ1) is 18.0. The molecule has 0 bridgehead atoms. The number of alkyl halides is 3. The van der Waals surface area contributed by atoms with Crippen LogP contribution in [0.4, 0.5) is 13.2 Å². The van der Waals surface area contributed by atoms with Crippen molar-refractivity contribution < 1.29 is 27.2 Å². The molecule has 4 aromatic rings. The molecule has 0 spiro atoms. The minimum atomic E-state index is -4.63. The summed E-state index contributed by atoms with van der Waals surface area (Å²) in [6.07, 6.45) is -4.63. The molecule has 1 N–H and O–H groups in total. The van der Waals surface area contributed by atoms with E-state index in [4.69, 9.17) is 4.42 Å². The number of furan rings is 1. The summed E-state index contributed by atoms with van der Waals surface area (Å²) in [5.74, 6) is 0.522. The summed E-state index contributed by atoms with van der Waals surface area (Å²) in [6, 6.07) is 10.8. The van der Waals surface area contributed by atoms with E-state index in [1.165, 1.54) is 11.3 Å². The van der Waals surface area contributed by atoms with Crippen LogP contribution in [0.3, 0.4) is 0 Å². The van der Waals surface area contributed by atoms with Crippen molar-refractivity contribution in [3.05, 3.63) is 75.6 Å². The van der Waals surface area contributed by atoms with Gasteiger partial charge in [0.1, 0.15) is 17.0 Å². The van der Waals surface area contributed by atoms with Gasteiger partial charge in [-0.25, -0.2) is 4.98 Å². The molecule has 0 unspecified atom stereocenters. The number of halogens is 3. The fourth-order valence-electron chi connectivity index (χ4n) is 4.49. The van der Waals surface area contributed by atoms with Gasteiger partial charge < -0.3 is 14.6 Å². The second-order valence-corrected chi connectivity index (χ2v) is 11.4. The van der Waals surface area contributed by atoms with Gasteiger partial charge in [-0.2, -0.15) is 13.2 Å². The monoisotopic (exact) mass is 559 g/mol. The van der Waals surface area contributed by atoms with Crippen molar-refractivity contribution in [2.24, 2.45) is 0 Å². The standard InChI is InChI=1S/C27H24F3N3O3S2/c1-14-5-4-6-17(7-14)24-23(32-16(3)38-24)26(35)33-13-37-12-19(33)11-31-25(34)21-9-18(27(28,29)30)10-22-20(21)8-15(2)36-22/h4-10,19H,11-13H2,1-3H3,(H,31,34)/t19-/m1/s1. The molecule has 1 aliphatic rings. The molecule has 2 aromatic heterocycles. The fourth-order valence-corrected chi connectivity index (χ4v) is 6.60. The van der Waals surface area contributed by atoms with Gasteiger partial charge in [0.05, 0.1) is 32.9 Å². The van der Waals surface area contributed by atoms with Crippen LogP contribution in [-0.4, -0.2) is 45.9 Å². The quantitative estimate of drug-likeness (QED) is 0.304. The molecule has 11 heteroatoms. The molecule has 1 atom stereocenters. The summed E-state index contributed by atoms with van der Waals surface area (Å²) in [5, 5.41) is 3.82. The number of rotatable bonds is 5. The molecule has 0 aliphatic carbocycles. The summed E-state index contributed by atoms with van der Waals surface area (Å²) in [6.45, 7) is 5.54. The summed E-state index contributed by atoms with van der Waals surface area (Å²) in [7, 11) is 0. The van der Waals surface area contributed by atoms with Crippen molar-refractivity contribution in [3.63, 3.8) is 0 Å². The lowest BCUT2D eigenvalue weighted by Crippen LogP contribution is -2.44. The van der Waals surface area contributed by atoms with Crippen molar-refractivity contribution in [1.29, 1.82) is 0 Å². The fraction of sp³-hybridized carbons (Fsp3) is 0.296. The second kappa shape index (κ2) is 10.1. The maximum Gasteiger partial charge on any atom is 0.416 e. The number of hydrogen-bond acceptors (Lipinski definition) is 6. The Hall–Kier alpha value is -3.31. The van der Waals surface area contributed by atoms with Crippen LogP contribution in [0.2, 0.25) is 0 Å². The molecule has 2 aromatic carbocycles. The number of thioether (sulfide) groups is 1. The molecule has 2 amide bonds. The van der Waals surface area contributed by atoms with Gasteiger partial charge >= 0.3 is 6.18 Å². The van der Waals surface area contributed by atoms with Crippen LogP contribution in [0.15, 0.2) is 46.9 Å². The number of aryl methyl sites for hydroxylation is 3. The predicted molar refractivity (Wildman–Crippen MR) is 143 cm³/mol. The third-order valence-electron chi connectivity index (χ3n) is 6.29. The number of fused-ring (bicyclic) bond motifs is 1. The molecular weight excluding hydrogens is 535 g/mol. The highest BCUT2D eigenvalue weighted by Gasteiger charge is 2.35. The van der Waals surface area contributed by atoms with Gasteiger partial charge in [-0.05, 0) is 44.5 Å². The first-order valence-corrected chi connectivity index (χ1v) is 13.8. The molecule has 38 heavy (non-hydrogen) atoms. The van der Waals surface area contributed by atoms with Crippen molar-refractivity contribution in [3.8, 4) is 10.4 Å². The topological polar surface area (TPSA) is 75.4 Å². The number of hydrogen-bond donors (Lipinski definition) is 1. The third-order valence-corrected chi connectivity index (χ3v) is 8.39. The lowest BCUT2D eigenvalue weighted by molar-refractivity contribution is -0.137. The summed E-state index contributed by atoms with van der Waals surface area (Å²) >= 11 is 3.00. The number of nitrogens with one attached hydrogen (secondary N) is 1. The zero-order valence-electron chi connectivity index (χ0n) is 20.8. The number of amides is 2. The molecule has 1 fully saturated rings. The number of carbonyl (C=O) groups is 2. The third kappa shape index (κ3) is 5.17. The smallest absolute Gasteiger partial charge is 0.416 e. The number of thiazole rings is 1. The molecule has 1 aliphatic heterocycles. The van der Waals surface area contributed by atoms with Crippen LogP contribution >= 0.6 is 23.1 Å². The molecule has 0 saturated carbocycles. The van der Waals surface area contributed by atoms with Crippen LogP contribution in [0.1, 0.15) is 42.7 Å². The van der Waals surface area contributed by atoms with Gasteiger partial charge in [-0.1, -0.05) is 29.8 Å². The van der Waals surface area contributed by atoms with E-state index < -0.39 is 17.6 Å². The van der Waals surface area contributed by atoms with Gasteiger partial charge in [0, 0.05) is 17.7 Å². The first-order valence-electron chi connectivity index (χ1n) is 11.8. The van der Waals surface area contributed by atoms with Crippen LogP contribution in [-0.2, 0) is 6.18 Å². The van der Waals surface area contributed by atoms with Gasteiger partial charge in [-0.3, -0.25) is 9.59 Å². The summed E-state index contributed by atoms with van der Waals surface area (Å²) < 4.78 is 45.7. The average molecular weight is 560 g/mol. The van der Waals surface area contributed by atoms with Crippen molar-refractivity contribution in [1.82, 2.24) is 15.2 Å². The van der Waals surface area contributed by atoms with Gasteiger partial charge in [0.15, 0.2) is 0 Å². The highest BCUT2D eigenvalue weighted by molar-refractivity contribution is 7.99. The van der Waals surface area contributed by atoms with Crippen LogP contribution in [0.5, 0.6) is 0 Å². The zero-order valence-corrected chi connectivity index (χ0v) is 22.4. The first kappa shape index (κ1) is 26.3. The minimum Gasteiger partial charge on any atom is -0.461 e. The second-order valence-electron chi connectivity index (χ2n) is 9.21. The van der Waals surface area contributed by atoms with Gasteiger partial charge in [-0.15, -0.1) is 23.1 Å². The summed E-state index contributed by atoms with van der Waals surface area (Å²) in [4.78, 5) is 33.7. The van der Waals surface area contributed by atoms with Crippen LogP contribution in [0, 0.1) is 20.8 Å². The molecular formula is C27H24F3N3O3S2. The number of nitrogens with zero attached hydrogens (tertiary/aromatic N) is 2. The van der Waals surface area contributed by atoms with E-state index in [9.17, 15) is 22.8 Å². The van der Waals surface area contributed by atoms with Crippen LogP contribution < -0.4 is 5.32 Å². The van der Waals surface area contributed by atoms with Gasteiger partial charge in [0.2, 0.25) is 0 Å². The Morgan fingerprint density at radius 1 is 1.16 bits per heavy atom. The van der Waals surface area contributed by atoms with Crippen molar-refractivity contribution in [2.75, 3.05) is 18.2 Å². The Morgan fingerprint density at radius 2 is 1.95 bits per heavy atom. The molecule has 3 heterocycles. The van der Waals surface area contributed by atoms with Crippen molar-refractivity contribution in [2.45, 2.75) is 33.0 Å². The Bertz CT molecular complexity index is 1540. The lowest BCUT2D eigenvalue weighted by atomic mass is 10.0. The van der Waals surface area contributed by atoms with E-state index in [-0.39, 0.29) is 29.6 Å².